The van der Waals surface area contributed by atoms with Gasteiger partial charge in [-0.1, -0.05) is 53.9 Å². The van der Waals surface area contributed by atoms with Gasteiger partial charge in [-0.2, -0.15) is 0 Å². The molecule has 0 aromatic heterocycles. The van der Waals surface area contributed by atoms with E-state index in [0.717, 1.165) is 26.9 Å². The Hall–Kier alpha value is -0.0500. The molecule has 2 rings (SSSR count). The van der Waals surface area contributed by atoms with Crippen LogP contribution in [0.1, 0.15) is 44.7 Å². The summed E-state index contributed by atoms with van der Waals surface area (Å²) in [7, 11) is 0. The van der Waals surface area contributed by atoms with E-state index in [2.05, 4.69) is 35.8 Å². The Morgan fingerprint density at radius 1 is 1.28 bits per heavy atom. The van der Waals surface area contributed by atoms with Crippen LogP contribution in [0.3, 0.4) is 0 Å². The second-order valence-electron chi connectivity index (χ2n) is 5.72. The third-order valence-electron chi connectivity index (χ3n) is 4.47. The molecule has 1 aliphatic carbocycles. The van der Waals surface area contributed by atoms with E-state index in [1.807, 2.05) is 12.1 Å². The van der Waals surface area contributed by atoms with Crippen molar-refractivity contribution in [3.05, 3.63) is 33.3 Å². The zero-order chi connectivity index (χ0) is 13.3. The topological polar surface area (TPSA) is 26.0 Å². The first-order valence-electron chi connectivity index (χ1n) is 6.69. The Bertz CT molecular complexity index is 421. The molecule has 1 aromatic rings. The lowest BCUT2D eigenvalue weighted by molar-refractivity contribution is 0.186. The maximum Gasteiger partial charge on any atom is 0.0465 e. The first-order valence-corrected chi connectivity index (χ1v) is 7.86. The molecule has 0 amide bonds. The first-order chi connectivity index (χ1) is 8.49. The molecule has 1 saturated carbocycles. The molecule has 4 atom stereocenters. The third kappa shape index (κ3) is 3.09. The average Bonchev–Trinajstić information content (AvgIpc) is 2.32. The Balaban J connectivity index is 2.13. The maximum atomic E-state index is 6.43. The van der Waals surface area contributed by atoms with Crippen LogP contribution >= 0.6 is 27.5 Å². The molecule has 1 fully saturated rings. The highest BCUT2D eigenvalue weighted by atomic mass is 79.9. The predicted octanol–water partition coefficient (Wildman–Crippen LogP) is 5.17. The fourth-order valence-corrected chi connectivity index (χ4v) is 3.74. The Kier molecular flexibility index (Phi) is 4.74. The SMILES string of the molecule is CC1CCC(C(N)c2ccc(Br)cc2Cl)CC1C. The van der Waals surface area contributed by atoms with Crippen LogP contribution in [-0.2, 0) is 0 Å². The van der Waals surface area contributed by atoms with E-state index in [1.54, 1.807) is 0 Å². The lowest BCUT2D eigenvalue weighted by Crippen LogP contribution is -2.29. The largest absolute Gasteiger partial charge is 0.324 e. The third-order valence-corrected chi connectivity index (χ3v) is 5.29. The van der Waals surface area contributed by atoms with Crippen LogP contribution in [0, 0.1) is 17.8 Å². The van der Waals surface area contributed by atoms with Crippen LogP contribution in [-0.4, -0.2) is 0 Å². The van der Waals surface area contributed by atoms with E-state index in [4.69, 9.17) is 17.3 Å². The number of hydrogen-bond acceptors (Lipinski definition) is 1. The van der Waals surface area contributed by atoms with E-state index in [-0.39, 0.29) is 6.04 Å². The minimum absolute atomic E-state index is 0.0700. The summed E-state index contributed by atoms with van der Waals surface area (Å²) in [4.78, 5) is 0. The van der Waals surface area contributed by atoms with Crippen molar-refractivity contribution < 1.29 is 0 Å². The Morgan fingerprint density at radius 2 is 2.00 bits per heavy atom. The quantitative estimate of drug-likeness (QED) is 0.795. The van der Waals surface area contributed by atoms with E-state index in [1.165, 1.54) is 19.3 Å². The highest BCUT2D eigenvalue weighted by Gasteiger charge is 2.29. The van der Waals surface area contributed by atoms with Crippen molar-refractivity contribution in [3.63, 3.8) is 0 Å². The lowest BCUT2D eigenvalue weighted by Gasteiger charge is -2.35. The standard InChI is InChI=1S/C15H21BrClN/c1-9-3-4-11(7-10(9)2)15(18)13-6-5-12(16)8-14(13)17/h5-6,8-11,15H,3-4,7,18H2,1-2H3. The molecule has 4 unspecified atom stereocenters. The zero-order valence-electron chi connectivity index (χ0n) is 11.0. The Labute approximate surface area is 123 Å². The molecule has 100 valence electrons. The van der Waals surface area contributed by atoms with Gasteiger partial charge in [0.15, 0.2) is 0 Å². The highest BCUT2D eigenvalue weighted by molar-refractivity contribution is 9.10. The van der Waals surface area contributed by atoms with Crippen molar-refractivity contribution in [2.45, 2.75) is 39.2 Å². The maximum absolute atomic E-state index is 6.43. The van der Waals surface area contributed by atoms with Gasteiger partial charge in [0.1, 0.15) is 0 Å². The molecule has 0 saturated heterocycles. The zero-order valence-corrected chi connectivity index (χ0v) is 13.3. The second kappa shape index (κ2) is 5.94. The molecule has 3 heteroatoms. The van der Waals surface area contributed by atoms with Gasteiger partial charge in [-0.25, -0.2) is 0 Å². The summed E-state index contributed by atoms with van der Waals surface area (Å²) in [6.45, 7) is 4.69. The van der Waals surface area contributed by atoms with Gasteiger partial charge < -0.3 is 5.73 Å². The van der Waals surface area contributed by atoms with Crippen LogP contribution in [0.5, 0.6) is 0 Å². The molecule has 0 radical (unpaired) electrons. The van der Waals surface area contributed by atoms with Gasteiger partial charge in [0.2, 0.25) is 0 Å². The smallest absolute Gasteiger partial charge is 0.0465 e. The van der Waals surface area contributed by atoms with E-state index >= 15 is 0 Å². The van der Waals surface area contributed by atoms with Gasteiger partial charge in [0.25, 0.3) is 0 Å². The van der Waals surface area contributed by atoms with Crippen molar-refractivity contribution in [2.75, 3.05) is 0 Å². The number of nitrogens with two attached hydrogens (primary N) is 1. The van der Waals surface area contributed by atoms with Crippen LogP contribution in [0.4, 0.5) is 0 Å². The number of benzene rings is 1. The van der Waals surface area contributed by atoms with E-state index in [9.17, 15) is 0 Å². The molecule has 0 bridgehead atoms. The van der Waals surface area contributed by atoms with E-state index < -0.39 is 0 Å². The van der Waals surface area contributed by atoms with E-state index in [0.29, 0.717) is 5.92 Å². The van der Waals surface area contributed by atoms with Crippen LogP contribution in [0.2, 0.25) is 5.02 Å². The highest BCUT2D eigenvalue weighted by Crippen LogP contribution is 2.40. The summed E-state index contributed by atoms with van der Waals surface area (Å²) in [5.74, 6) is 2.16. The monoisotopic (exact) mass is 329 g/mol. The minimum Gasteiger partial charge on any atom is -0.324 e. The van der Waals surface area contributed by atoms with Gasteiger partial charge in [-0.3, -0.25) is 0 Å². The normalized spacial score (nSPS) is 30.2. The summed E-state index contributed by atoms with van der Waals surface area (Å²) in [6.07, 6.45) is 3.72. The second-order valence-corrected chi connectivity index (χ2v) is 7.04. The molecule has 1 aliphatic rings. The molecule has 0 aliphatic heterocycles. The Morgan fingerprint density at radius 3 is 2.61 bits per heavy atom. The molecule has 0 heterocycles. The van der Waals surface area contributed by atoms with Gasteiger partial charge >= 0.3 is 0 Å². The number of halogens is 2. The minimum atomic E-state index is 0.0700. The van der Waals surface area contributed by atoms with Crippen LogP contribution in [0.15, 0.2) is 22.7 Å². The van der Waals surface area contributed by atoms with Gasteiger partial charge in [0, 0.05) is 15.5 Å². The summed E-state index contributed by atoms with van der Waals surface area (Å²) in [6, 6.07) is 6.09. The van der Waals surface area contributed by atoms with Crippen LogP contribution in [0.25, 0.3) is 0 Å². The van der Waals surface area contributed by atoms with Crippen molar-refractivity contribution in [3.8, 4) is 0 Å². The van der Waals surface area contributed by atoms with Crippen molar-refractivity contribution >= 4 is 27.5 Å². The van der Waals surface area contributed by atoms with Gasteiger partial charge in [-0.05, 0) is 48.3 Å². The summed E-state index contributed by atoms with van der Waals surface area (Å²) in [5.41, 5.74) is 7.52. The van der Waals surface area contributed by atoms with Crippen LogP contribution < -0.4 is 5.73 Å². The molecule has 1 nitrogen and oxygen atoms in total. The molecule has 0 spiro atoms. The van der Waals surface area contributed by atoms with Crippen molar-refractivity contribution in [1.82, 2.24) is 0 Å². The molecular weight excluding hydrogens is 310 g/mol. The summed E-state index contributed by atoms with van der Waals surface area (Å²) in [5, 5.41) is 0.781. The summed E-state index contributed by atoms with van der Waals surface area (Å²) >= 11 is 9.73. The average molecular weight is 331 g/mol. The summed E-state index contributed by atoms with van der Waals surface area (Å²) < 4.78 is 1.01. The number of rotatable bonds is 2. The molecule has 18 heavy (non-hydrogen) atoms. The fraction of sp³-hybridized carbons (Fsp3) is 0.600. The lowest BCUT2D eigenvalue weighted by atomic mass is 9.72. The first kappa shape index (κ1) is 14.4. The van der Waals surface area contributed by atoms with Gasteiger partial charge in [0.05, 0.1) is 0 Å². The molecular formula is C15H21BrClN. The fourth-order valence-electron chi connectivity index (χ4n) is 2.94. The predicted molar refractivity (Wildman–Crippen MR) is 81.7 cm³/mol. The number of hydrogen-bond donors (Lipinski definition) is 1. The van der Waals surface area contributed by atoms with Crippen molar-refractivity contribution in [1.29, 1.82) is 0 Å². The molecule has 2 N–H and O–H groups in total. The van der Waals surface area contributed by atoms with Crippen molar-refractivity contribution in [2.24, 2.45) is 23.5 Å². The van der Waals surface area contributed by atoms with Gasteiger partial charge in [-0.15, -0.1) is 0 Å². The molecule has 1 aromatic carbocycles.